The Kier molecular flexibility index (Phi) is 5.20. The molecule has 0 saturated carbocycles. The molecule has 0 aliphatic carbocycles. The number of hydrogen-bond acceptors (Lipinski definition) is 4. The third-order valence-electron chi connectivity index (χ3n) is 3.33. The number of anilines is 1. The molecule has 1 aliphatic rings. The van der Waals surface area contributed by atoms with Gasteiger partial charge >= 0.3 is 0 Å². The number of nitrogens with zero attached hydrogens (tertiary/aromatic N) is 2. The molecule has 0 atom stereocenters. The molecule has 1 heterocycles. The molecule has 1 aromatic carbocycles. The van der Waals surface area contributed by atoms with Crippen LogP contribution in [0.1, 0.15) is 5.56 Å². The summed E-state index contributed by atoms with van der Waals surface area (Å²) in [5, 5.41) is 15.9. The molecule has 1 aliphatic heterocycles. The van der Waals surface area contributed by atoms with Crippen molar-refractivity contribution in [3.63, 3.8) is 0 Å². The second-order valence-corrected chi connectivity index (χ2v) is 5.25. The lowest BCUT2D eigenvalue weighted by Gasteiger charge is -2.27. The summed E-state index contributed by atoms with van der Waals surface area (Å²) in [4.78, 5) is 13.9. The lowest BCUT2D eigenvalue weighted by molar-refractivity contribution is -0.127. The van der Waals surface area contributed by atoms with E-state index in [4.69, 9.17) is 11.6 Å². The van der Waals surface area contributed by atoms with Crippen LogP contribution in [0.25, 0.3) is 0 Å². The summed E-state index contributed by atoms with van der Waals surface area (Å²) in [7, 11) is 0. The standard InChI is InChI=1S/C15H17ClN4O/c1-11-2-3-13(16)8-14(11)19-10-12(9-17)15(21)20-6-4-18-5-7-20/h2-3,8,10,18-19H,4-7H2,1H3/b12-10-. The molecule has 1 aromatic rings. The number of aryl methyl sites for hydroxylation is 1. The number of amides is 1. The van der Waals surface area contributed by atoms with Gasteiger partial charge in [-0.2, -0.15) is 5.26 Å². The minimum Gasteiger partial charge on any atom is -0.360 e. The van der Waals surface area contributed by atoms with Crippen molar-refractivity contribution in [3.8, 4) is 6.07 Å². The fourth-order valence-corrected chi connectivity index (χ4v) is 2.25. The maximum Gasteiger partial charge on any atom is 0.266 e. The molecule has 0 spiro atoms. The van der Waals surface area contributed by atoms with Crippen molar-refractivity contribution in [2.45, 2.75) is 6.92 Å². The van der Waals surface area contributed by atoms with E-state index in [0.29, 0.717) is 18.1 Å². The van der Waals surface area contributed by atoms with Crippen LogP contribution in [0.15, 0.2) is 30.0 Å². The molecule has 0 aromatic heterocycles. The van der Waals surface area contributed by atoms with E-state index in [0.717, 1.165) is 24.3 Å². The van der Waals surface area contributed by atoms with Crippen molar-refractivity contribution in [2.75, 3.05) is 31.5 Å². The molecular weight excluding hydrogens is 288 g/mol. The van der Waals surface area contributed by atoms with Crippen LogP contribution in [-0.4, -0.2) is 37.0 Å². The van der Waals surface area contributed by atoms with Gasteiger partial charge in [0.05, 0.1) is 0 Å². The molecule has 2 N–H and O–H groups in total. The number of nitriles is 1. The van der Waals surface area contributed by atoms with E-state index in [1.54, 1.807) is 17.0 Å². The van der Waals surface area contributed by atoms with Crippen LogP contribution in [0, 0.1) is 18.3 Å². The third-order valence-corrected chi connectivity index (χ3v) is 3.56. The summed E-state index contributed by atoms with van der Waals surface area (Å²) in [5.41, 5.74) is 1.86. The van der Waals surface area contributed by atoms with Gasteiger partial charge in [-0.1, -0.05) is 17.7 Å². The highest BCUT2D eigenvalue weighted by atomic mass is 35.5. The van der Waals surface area contributed by atoms with Crippen LogP contribution >= 0.6 is 11.6 Å². The van der Waals surface area contributed by atoms with E-state index in [1.165, 1.54) is 6.20 Å². The highest BCUT2D eigenvalue weighted by molar-refractivity contribution is 6.30. The highest BCUT2D eigenvalue weighted by Crippen LogP contribution is 2.20. The van der Waals surface area contributed by atoms with Crippen molar-refractivity contribution in [3.05, 3.63) is 40.6 Å². The summed E-state index contributed by atoms with van der Waals surface area (Å²) in [5.74, 6) is -0.244. The molecule has 1 amide bonds. The Balaban J connectivity index is 2.11. The van der Waals surface area contributed by atoms with Crippen molar-refractivity contribution >= 4 is 23.2 Å². The minimum atomic E-state index is -0.244. The van der Waals surface area contributed by atoms with Crippen LogP contribution in [0.2, 0.25) is 5.02 Å². The van der Waals surface area contributed by atoms with Crippen LogP contribution < -0.4 is 10.6 Å². The molecule has 1 saturated heterocycles. The van der Waals surface area contributed by atoms with Gasteiger partial charge in [0.15, 0.2) is 0 Å². The van der Waals surface area contributed by atoms with Gasteiger partial charge < -0.3 is 15.5 Å². The monoisotopic (exact) mass is 304 g/mol. The van der Waals surface area contributed by atoms with Crippen molar-refractivity contribution < 1.29 is 4.79 Å². The molecule has 2 rings (SSSR count). The van der Waals surface area contributed by atoms with Crippen LogP contribution in [0.3, 0.4) is 0 Å². The van der Waals surface area contributed by atoms with E-state index in [-0.39, 0.29) is 11.5 Å². The molecule has 110 valence electrons. The number of halogens is 1. The Bertz CT molecular complexity index is 600. The summed E-state index contributed by atoms with van der Waals surface area (Å²) < 4.78 is 0. The zero-order chi connectivity index (χ0) is 15.2. The number of nitrogens with one attached hydrogen (secondary N) is 2. The van der Waals surface area contributed by atoms with Gasteiger partial charge in [-0.25, -0.2) is 0 Å². The van der Waals surface area contributed by atoms with Crippen LogP contribution in [0.5, 0.6) is 0 Å². The molecule has 21 heavy (non-hydrogen) atoms. The van der Waals surface area contributed by atoms with Crippen molar-refractivity contribution in [2.24, 2.45) is 0 Å². The highest BCUT2D eigenvalue weighted by Gasteiger charge is 2.19. The first-order valence-corrected chi connectivity index (χ1v) is 7.12. The number of rotatable bonds is 3. The van der Waals surface area contributed by atoms with Gasteiger partial charge in [-0.05, 0) is 24.6 Å². The number of carbonyl (C=O) groups is 1. The van der Waals surface area contributed by atoms with Gasteiger partial charge in [0.1, 0.15) is 11.6 Å². The zero-order valence-electron chi connectivity index (χ0n) is 11.8. The van der Waals surface area contributed by atoms with Crippen molar-refractivity contribution in [1.82, 2.24) is 10.2 Å². The summed E-state index contributed by atoms with van der Waals surface area (Å²) >= 11 is 5.94. The first-order valence-electron chi connectivity index (χ1n) is 6.75. The molecular formula is C15H17ClN4O. The van der Waals surface area contributed by atoms with E-state index in [9.17, 15) is 10.1 Å². The average molecular weight is 305 g/mol. The topological polar surface area (TPSA) is 68.2 Å². The van der Waals surface area contributed by atoms with Crippen LogP contribution in [-0.2, 0) is 4.79 Å². The summed E-state index contributed by atoms with van der Waals surface area (Å²) in [6, 6.07) is 7.39. The second-order valence-electron chi connectivity index (χ2n) is 4.82. The van der Waals surface area contributed by atoms with Crippen LogP contribution in [0.4, 0.5) is 5.69 Å². The fourth-order valence-electron chi connectivity index (χ4n) is 2.08. The Morgan fingerprint density at radius 3 is 2.86 bits per heavy atom. The average Bonchev–Trinajstić information content (AvgIpc) is 2.51. The first-order chi connectivity index (χ1) is 10.1. The number of carbonyl (C=O) groups excluding carboxylic acids is 1. The first kappa shape index (κ1) is 15.4. The molecule has 1 fully saturated rings. The van der Waals surface area contributed by atoms with Gasteiger partial charge in [0, 0.05) is 43.1 Å². The Morgan fingerprint density at radius 2 is 2.19 bits per heavy atom. The normalized spacial score (nSPS) is 15.5. The maximum absolute atomic E-state index is 12.2. The van der Waals surface area contributed by atoms with E-state index < -0.39 is 0 Å². The number of hydrogen-bond donors (Lipinski definition) is 2. The second kappa shape index (κ2) is 7.11. The smallest absolute Gasteiger partial charge is 0.266 e. The zero-order valence-corrected chi connectivity index (χ0v) is 12.6. The Labute approximate surface area is 129 Å². The lowest BCUT2D eigenvalue weighted by Crippen LogP contribution is -2.46. The van der Waals surface area contributed by atoms with Gasteiger partial charge in [-0.3, -0.25) is 4.79 Å². The van der Waals surface area contributed by atoms with Gasteiger partial charge in [-0.15, -0.1) is 0 Å². The predicted octanol–water partition coefficient (Wildman–Crippen LogP) is 1.90. The fraction of sp³-hybridized carbons (Fsp3) is 0.333. The lowest BCUT2D eigenvalue weighted by atomic mass is 10.2. The Hall–Kier alpha value is -2.03. The SMILES string of the molecule is Cc1ccc(Cl)cc1N/C=C(/C#N)C(=O)N1CCNCC1. The molecule has 6 heteroatoms. The van der Waals surface area contributed by atoms with Crippen molar-refractivity contribution in [1.29, 1.82) is 5.26 Å². The summed E-state index contributed by atoms with van der Waals surface area (Å²) in [6.45, 7) is 4.68. The molecule has 0 unspecified atom stereocenters. The number of piperazine rings is 1. The van der Waals surface area contributed by atoms with Gasteiger partial charge in [0.2, 0.25) is 0 Å². The van der Waals surface area contributed by atoms with E-state index >= 15 is 0 Å². The van der Waals surface area contributed by atoms with Gasteiger partial charge in [0.25, 0.3) is 5.91 Å². The maximum atomic E-state index is 12.2. The quantitative estimate of drug-likeness (QED) is 0.661. The Morgan fingerprint density at radius 1 is 1.48 bits per heavy atom. The number of benzene rings is 1. The summed E-state index contributed by atoms with van der Waals surface area (Å²) in [6.07, 6.45) is 1.45. The minimum absolute atomic E-state index is 0.0938. The largest absolute Gasteiger partial charge is 0.360 e. The molecule has 0 radical (unpaired) electrons. The predicted molar refractivity (Wildman–Crippen MR) is 83.0 cm³/mol. The molecule has 0 bridgehead atoms. The van der Waals surface area contributed by atoms with E-state index in [2.05, 4.69) is 10.6 Å². The van der Waals surface area contributed by atoms with E-state index in [1.807, 2.05) is 19.1 Å². The molecule has 5 nitrogen and oxygen atoms in total. The third kappa shape index (κ3) is 3.97.